The number of hydrogen-bond donors (Lipinski definition) is 1. The van der Waals surface area contributed by atoms with Crippen molar-refractivity contribution < 1.29 is 27.1 Å². The van der Waals surface area contributed by atoms with Gasteiger partial charge in [-0.25, -0.2) is 17.2 Å². The number of carbonyl (C=O) groups is 1. The van der Waals surface area contributed by atoms with Crippen molar-refractivity contribution in [3.63, 3.8) is 0 Å². The third kappa shape index (κ3) is 2.43. The summed E-state index contributed by atoms with van der Waals surface area (Å²) in [6.07, 6.45) is 1.49. The third-order valence-electron chi connectivity index (χ3n) is 4.02. The summed E-state index contributed by atoms with van der Waals surface area (Å²) in [5.74, 6) is -3.63. The minimum absolute atomic E-state index is 0.00406. The molecule has 0 unspecified atom stereocenters. The molecule has 0 heterocycles. The maximum Gasteiger partial charge on any atom is 0.325 e. The topological polar surface area (TPSA) is 71.4 Å². The lowest BCUT2D eigenvalue weighted by Crippen LogP contribution is -2.56. The number of hydrogen-bond acceptors (Lipinski definition) is 3. The van der Waals surface area contributed by atoms with Crippen molar-refractivity contribution in [2.75, 3.05) is 0 Å². The third-order valence-corrected chi connectivity index (χ3v) is 6.47. The second kappa shape index (κ2) is 5.36. The van der Waals surface area contributed by atoms with Crippen LogP contribution in [-0.4, -0.2) is 24.2 Å². The van der Waals surface area contributed by atoms with E-state index in [2.05, 4.69) is 0 Å². The van der Waals surface area contributed by atoms with Gasteiger partial charge < -0.3 is 5.11 Å². The highest BCUT2D eigenvalue weighted by Gasteiger charge is 2.60. The predicted molar refractivity (Wildman–Crippen MR) is 71.5 cm³/mol. The van der Waals surface area contributed by atoms with Crippen molar-refractivity contribution in [2.24, 2.45) is 5.92 Å². The number of carboxylic acids is 1. The lowest BCUT2D eigenvalue weighted by Gasteiger charge is -2.43. The Bertz CT molecular complexity index is 664. The minimum Gasteiger partial charge on any atom is -0.480 e. The van der Waals surface area contributed by atoms with Crippen LogP contribution in [0.15, 0.2) is 23.1 Å². The fraction of sp³-hybridized carbons (Fsp3) is 0.500. The fourth-order valence-electron chi connectivity index (χ4n) is 2.90. The number of halogens is 2. The number of aliphatic carboxylic acids is 1. The Labute approximate surface area is 121 Å². The van der Waals surface area contributed by atoms with Gasteiger partial charge in [-0.3, -0.25) is 4.79 Å². The molecule has 0 atom stereocenters. The van der Waals surface area contributed by atoms with E-state index in [0.717, 1.165) is 25.0 Å². The van der Waals surface area contributed by atoms with Gasteiger partial charge in [-0.1, -0.05) is 19.8 Å². The van der Waals surface area contributed by atoms with E-state index in [4.69, 9.17) is 0 Å². The lowest BCUT2D eigenvalue weighted by molar-refractivity contribution is -0.144. The number of rotatable bonds is 5. The first kappa shape index (κ1) is 15.9. The molecule has 1 aromatic rings. The van der Waals surface area contributed by atoms with Gasteiger partial charge >= 0.3 is 5.97 Å². The van der Waals surface area contributed by atoms with Gasteiger partial charge in [-0.2, -0.15) is 0 Å². The molecule has 0 aliphatic heterocycles. The van der Waals surface area contributed by atoms with Crippen LogP contribution in [-0.2, 0) is 14.6 Å². The molecule has 0 saturated heterocycles. The quantitative estimate of drug-likeness (QED) is 0.847. The zero-order valence-electron chi connectivity index (χ0n) is 11.5. The van der Waals surface area contributed by atoms with Crippen LogP contribution in [0.4, 0.5) is 8.78 Å². The Kier molecular flexibility index (Phi) is 4.06. The van der Waals surface area contributed by atoms with Gasteiger partial charge in [0.2, 0.25) is 0 Å². The van der Waals surface area contributed by atoms with E-state index in [1.807, 2.05) is 6.92 Å². The van der Waals surface area contributed by atoms with Gasteiger partial charge in [0, 0.05) is 6.07 Å². The van der Waals surface area contributed by atoms with Crippen molar-refractivity contribution in [3.8, 4) is 0 Å². The summed E-state index contributed by atoms with van der Waals surface area (Å²) in [4.78, 5) is 10.7. The largest absolute Gasteiger partial charge is 0.480 e. The maximum atomic E-state index is 13.7. The van der Waals surface area contributed by atoms with Gasteiger partial charge in [0.05, 0.1) is 0 Å². The minimum atomic E-state index is -4.40. The van der Waals surface area contributed by atoms with Gasteiger partial charge in [-0.05, 0) is 30.9 Å². The molecule has 4 nitrogen and oxygen atoms in total. The summed E-state index contributed by atoms with van der Waals surface area (Å²) in [5, 5.41) is 9.34. The van der Waals surface area contributed by atoms with Crippen molar-refractivity contribution in [2.45, 2.75) is 42.2 Å². The Morgan fingerprint density at radius 2 is 2.00 bits per heavy atom. The van der Waals surface area contributed by atoms with Gasteiger partial charge in [0.25, 0.3) is 0 Å². The van der Waals surface area contributed by atoms with Crippen LogP contribution >= 0.6 is 0 Å². The normalized spacial score (nSPS) is 25.4. The highest BCUT2D eigenvalue weighted by molar-refractivity contribution is 7.93. The van der Waals surface area contributed by atoms with Gasteiger partial charge in [0.15, 0.2) is 14.6 Å². The molecule has 21 heavy (non-hydrogen) atoms. The van der Waals surface area contributed by atoms with Crippen LogP contribution < -0.4 is 0 Å². The van der Waals surface area contributed by atoms with Crippen LogP contribution in [0.25, 0.3) is 0 Å². The summed E-state index contributed by atoms with van der Waals surface area (Å²) in [5.41, 5.74) is 0. The van der Waals surface area contributed by atoms with Crippen LogP contribution in [0, 0.1) is 17.6 Å². The first-order chi connectivity index (χ1) is 9.74. The van der Waals surface area contributed by atoms with Crippen molar-refractivity contribution in [3.05, 3.63) is 29.8 Å². The monoisotopic (exact) mass is 318 g/mol. The van der Waals surface area contributed by atoms with E-state index in [-0.39, 0.29) is 18.8 Å². The zero-order chi connectivity index (χ0) is 15.8. The molecular formula is C14H16F2O4S. The van der Waals surface area contributed by atoms with E-state index in [1.54, 1.807) is 0 Å². The highest BCUT2D eigenvalue weighted by atomic mass is 32.2. The standard InChI is InChI=1S/C14H16F2O4S/c1-2-3-9-7-14(8-9,13(17)18)21(19,20)12-5-4-10(15)6-11(12)16/h4-6,9H,2-3,7-8H2,1H3,(H,17,18). The molecule has 2 rings (SSSR count). The predicted octanol–water partition coefficient (Wildman–Crippen LogP) is 2.77. The molecule has 1 saturated carbocycles. The average Bonchev–Trinajstić information content (AvgIpc) is 2.31. The molecule has 0 bridgehead atoms. The molecule has 0 aromatic heterocycles. The van der Waals surface area contributed by atoms with Crippen LogP contribution in [0.1, 0.15) is 32.6 Å². The molecule has 0 spiro atoms. The molecule has 1 aliphatic rings. The summed E-state index contributed by atoms with van der Waals surface area (Å²) in [7, 11) is -4.40. The molecule has 1 N–H and O–H groups in total. The summed E-state index contributed by atoms with van der Waals surface area (Å²) in [6.45, 7) is 1.93. The van der Waals surface area contributed by atoms with E-state index in [0.29, 0.717) is 6.07 Å². The van der Waals surface area contributed by atoms with Gasteiger partial charge in [0.1, 0.15) is 16.5 Å². The van der Waals surface area contributed by atoms with Crippen LogP contribution in [0.5, 0.6) is 0 Å². The van der Waals surface area contributed by atoms with Crippen LogP contribution in [0.2, 0.25) is 0 Å². The molecule has 1 fully saturated rings. The van der Waals surface area contributed by atoms with Crippen molar-refractivity contribution in [1.29, 1.82) is 0 Å². The molecule has 7 heteroatoms. The zero-order valence-corrected chi connectivity index (χ0v) is 12.3. The fourth-order valence-corrected chi connectivity index (χ4v) is 5.02. The highest BCUT2D eigenvalue weighted by Crippen LogP contribution is 2.49. The first-order valence-corrected chi connectivity index (χ1v) is 8.16. The van der Waals surface area contributed by atoms with E-state index >= 15 is 0 Å². The summed E-state index contributed by atoms with van der Waals surface area (Å²) < 4.78 is 49.7. The van der Waals surface area contributed by atoms with Gasteiger partial charge in [-0.15, -0.1) is 0 Å². The molecular weight excluding hydrogens is 302 g/mol. The number of sulfone groups is 1. The second-order valence-corrected chi connectivity index (χ2v) is 7.67. The molecule has 116 valence electrons. The SMILES string of the molecule is CCCC1CC(C(=O)O)(S(=O)(=O)c2ccc(F)cc2F)C1. The average molecular weight is 318 g/mol. The Balaban J connectivity index is 2.43. The van der Waals surface area contributed by atoms with Crippen molar-refractivity contribution >= 4 is 15.8 Å². The van der Waals surface area contributed by atoms with E-state index in [9.17, 15) is 27.1 Å². The summed E-state index contributed by atoms with van der Waals surface area (Å²) in [6, 6.07) is 2.05. The second-order valence-electron chi connectivity index (χ2n) is 5.44. The summed E-state index contributed by atoms with van der Waals surface area (Å²) >= 11 is 0. The van der Waals surface area contributed by atoms with Crippen molar-refractivity contribution in [1.82, 2.24) is 0 Å². The first-order valence-electron chi connectivity index (χ1n) is 6.67. The Morgan fingerprint density at radius 1 is 1.38 bits per heavy atom. The van der Waals surface area contributed by atoms with Crippen LogP contribution in [0.3, 0.4) is 0 Å². The number of carboxylic acid groups (broad SMARTS) is 1. The van der Waals surface area contributed by atoms with E-state index < -0.39 is 37.1 Å². The van der Waals surface area contributed by atoms with E-state index in [1.165, 1.54) is 0 Å². The lowest BCUT2D eigenvalue weighted by atomic mass is 9.72. The smallest absolute Gasteiger partial charge is 0.325 e. The maximum absolute atomic E-state index is 13.7. The molecule has 0 amide bonds. The number of benzene rings is 1. The molecule has 1 aliphatic carbocycles. The Hall–Kier alpha value is -1.50. The Morgan fingerprint density at radius 3 is 2.48 bits per heavy atom. The molecule has 0 radical (unpaired) electrons. The molecule has 1 aromatic carbocycles.